The number of carbonyl (C=O) groups is 1. The molecular formula is C15H23F2N3O3S. The SMILES string of the molecule is CC(C)OC(=O)COC1CCc2c(nnn2C(C)S)C(F)(F)CC1. The Morgan fingerprint density at radius 2 is 2.12 bits per heavy atom. The maximum absolute atomic E-state index is 14.4. The zero-order valence-electron chi connectivity index (χ0n) is 14.0. The van der Waals surface area contributed by atoms with Crippen LogP contribution in [0.25, 0.3) is 0 Å². The molecule has 0 radical (unpaired) electrons. The van der Waals surface area contributed by atoms with E-state index in [1.165, 1.54) is 4.68 Å². The normalized spacial score (nSPS) is 21.7. The largest absolute Gasteiger partial charge is 0.461 e. The van der Waals surface area contributed by atoms with E-state index in [2.05, 4.69) is 22.9 Å². The van der Waals surface area contributed by atoms with Gasteiger partial charge in [0.05, 0.1) is 23.3 Å². The van der Waals surface area contributed by atoms with Crippen LogP contribution in [0.2, 0.25) is 0 Å². The van der Waals surface area contributed by atoms with Gasteiger partial charge in [-0.3, -0.25) is 0 Å². The molecule has 136 valence electrons. The van der Waals surface area contributed by atoms with Crippen molar-refractivity contribution in [2.24, 2.45) is 0 Å². The second kappa shape index (κ2) is 7.77. The van der Waals surface area contributed by atoms with Crippen molar-refractivity contribution < 1.29 is 23.0 Å². The van der Waals surface area contributed by atoms with Gasteiger partial charge >= 0.3 is 5.97 Å². The van der Waals surface area contributed by atoms with Crippen LogP contribution in [0.4, 0.5) is 8.78 Å². The molecular weight excluding hydrogens is 340 g/mol. The molecule has 1 aliphatic carbocycles. The van der Waals surface area contributed by atoms with Crippen LogP contribution in [0.1, 0.15) is 56.8 Å². The van der Waals surface area contributed by atoms with Crippen molar-refractivity contribution in [1.82, 2.24) is 15.0 Å². The Bertz CT molecular complexity index is 578. The highest BCUT2D eigenvalue weighted by atomic mass is 32.1. The number of aromatic nitrogens is 3. The third-order valence-electron chi connectivity index (χ3n) is 3.78. The maximum Gasteiger partial charge on any atom is 0.332 e. The molecule has 0 aliphatic heterocycles. The van der Waals surface area contributed by atoms with Crippen molar-refractivity contribution in [2.45, 2.75) is 70.0 Å². The molecule has 2 atom stereocenters. The molecule has 1 heterocycles. The first-order chi connectivity index (χ1) is 11.2. The average Bonchev–Trinajstić information content (AvgIpc) is 2.88. The summed E-state index contributed by atoms with van der Waals surface area (Å²) in [6.45, 7) is 4.98. The van der Waals surface area contributed by atoms with E-state index in [0.717, 1.165) is 0 Å². The lowest BCUT2D eigenvalue weighted by atomic mass is 9.96. The van der Waals surface area contributed by atoms with E-state index in [1.807, 2.05) is 0 Å². The number of thiol groups is 1. The fraction of sp³-hybridized carbons (Fsp3) is 0.800. The molecule has 0 spiro atoms. The highest BCUT2D eigenvalue weighted by Crippen LogP contribution is 2.38. The van der Waals surface area contributed by atoms with Crippen molar-refractivity contribution in [3.05, 3.63) is 11.4 Å². The molecule has 6 nitrogen and oxygen atoms in total. The molecule has 1 aromatic rings. The number of esters is 1. The van der Waals surface area contributed by atoms with Crippen LogP contribution in [-0.4, -0.2) is 39.8 Å². The molecule has 2 rings (SSSR count). The monoisotopic (exact) mass is 363 g/mol. The average molecular weight is 363 g/mol. The smallest absolute Gasteiger partial charge is 0.332 e. The minimum atomic E-state index is -3.07. The second-order valence-corrected chi connectivity index (χ2v) is 6.96. The number of ether oxygens (including phenoxy) is 2. The number of hydrogen-bond acceptors (Lipinski definition) is 6. The van der Waals surface area contributed by atoms with Gasteiger partial charge in [-0.2, -0.15) is 21.4 Å². The van der Waals surface area contributed by atoms with E-state index in [0.29, 0.717) is 18.5 Å². The van der Waals surface area contributed by atoms with Crippen LogP contribution in [0, 0.1) is 0 Å². The first-order valence-corrected chi connectivity index (χ1v) is 8.54. The van der Waals surface area contributed by atoms with Crippen LogP contribution >= 0.6 is 12.6 Å². The van der Waals surface area contributed by atoms with Crippen molar-refractivity contribution >= 4 is 18.6 Å². The highest BCUT2D eigenvalue weighted by molar-refractivity contribution is 7.80. The summed E-state index contributed by atoms with van der Waals surface area (Å²) in [6, 6.07) is 0. The second-order valence-electron chi connectivity index (χ2n) is 6.21. The third-order valence-corrected chi connectivity index (χ3v) is 4.00. The van der Waals surface area contributed by atoms with Crippen LogP contribution in [0.5, 0.6) is 0 Å². The fourth-order valence-corrected chi connectivity index (χ4v) is 2.87. The Kier molecular flexibility index (Phi) is 6.19. The molecule has 0 N–H and O–H groups in total. The van der Waals surface area contributed by atoms with Crippen LogP contribution in [0.3, 0.4) is 0 Å². The summed E-state index contributed by atoms with van der Waals surface area (Å²) < 4.78 is 40.6. The lowest BCUT2D eigenvalue weighted by Crippen LogP contribution is -2.28. The zero-order valence-corrected chi connectivity index (χ0v) is 14.9. The number of halogens is 2. The van der Waals surface area contributed by atoms with Crippen molar-refractivity contribution in [3.63, 3.8) is 0 Å². The topological polar surface area (TPSA) is 66.2 Å². The molecule has 0 saturated carbocycles. The number of nitrogens with zero attached hydrogens (tertiary/aromatic N) is 3. The van der Waals surface area contributed by atoms with Gasteiger partial charge in [-0.05, 0) is 40.0 Å². The molecule has 0 aromatic carbocycles. The molecule has 24 heavy (non-hydrogen) atoms. The van der Waals surface area contributed by atoms with Crippen molar-refractivity contribution in [3.8, 4) is 0 Å². The molecule has 0 amide bonds. The standard InChI is InChI=1S/C15H23F2N3O3S/c1-9(2)23-13(21)8-22-11-4-5-12-14(15(16,17)7-6-11)18-19-20(12)10(3)24/h9-11,24H,4-8H2,1-3H3. The van der Waals surface area contributed by atoms with Gasteiger partial charge in [-0.25, -0.2) is 9.48 Å². The molecule has 0 bridgehead atoms. The molecule has 0 saturated heterocycles. The number of fused-ring (bicyclic) bond motifs is 1. The molecule has 1 aliphatic rings. The summed E-state index contributed by atoms with van der Waals surface area (Å²) in [5, 5.41) is 7.12. The first kappa shape index (κ1) is 19.1. The molecule has 9 heteroatoms. The van der Waals surface area contributed by atoms with Gasteiger partial charge in [0.1, 0.15) is 6.61 Å². The minimum absolute atomic E-state index is 0.144. The summed E-state index contributed by atoms with van der Waals surface area (Å²) in [6.07, 6.45) is -0.0859. The van der Waals surface area contributed by atoms with Gasteiger partial charge in [0, 0.05) is 6.42 Å². The van der Waals surface area contributed by atoms with Crippen LogP contribution in [0.15, 0.2) is 0 Å². The van der Waals surface area contributed by atoms with Gasteiger partial charge in [0.15, 0.2) is 5.69 Å². The van der Waals surface area contributed by atoms with Crippen LogP contribution < -0.4 is 0 Å². The van der Waals surface area contributed by atoms with E-state index < -0.39 is 24.4 Å². The van der Waals surface area contributed by atoms with E-state index >= 15 is 0 Å². The van der Waals surface area contributed by atoms with Gasteiger partial charge in [-0.15, -0.1) is 5.10 Å². The number of rotatable bonds is 5. The summed E-state index contributed by atoms with van der Waals surface area (Å²) in [7, 11) is 0. The lowest BCUT2D eigenvalue weighted by Gasteiger charge is -2.25. The predicted octanol–water partition coefficient (Wildman–Crippen LogP) is 2.88. The Morgan fingerprint density at radius 1 is 1.42 bits per heavy atom. The summed E-state index contributed by atoms with van der Waals surface area (Å²) in [5.74, 6) is -3.56. The predicted molar refractivity (Wildman–Crippen MR) is 86.1 cm³/mol. The van der Waals surface area contributed by atoms with Gasteiger partial charge in [-0.1, -0.05) is 5.21 Å². The van der Waals surface area contributed by atoms with Gasteiger partial charge in [0.25, 0.3) is 5.92 Å². The van der Waals surface area contributed by atoms with E-state index in [4.69, 9.17) is 9.47 Å². The van der Waals surface area contributed by atoms with Crippen molar-refractivity contribution in [1.29, 1.82) is 0 Å². The quantitative estimate of drug-likeness (QED) is 0.644. The Hall–Kier alpha value is -1.22. The van der Waals surface area contributed by atoms with Gasteiger partial charge < -0.3 is 9.47 Å². The minimum Gasteiger partial charge on any atom is -0.461 e. The van der Waals surface area contributed by atoms with E-state index in [1.54, 1.807) is 20.8 Å². The highest BCUT2D eigenvalue weighted by Gasteiger charge is 2.40. The summed E-state index contributed by atoms with van der Waals surface area (Å²) in [5.41, 5.74) is 0.0987. The summed E-state index contributed by atoms with van der Waals surface area (Å²) in [4.78, 5) is 11.5. The summed E-state index contributed by atoms with van der Waals surface area (Å²) >= 11 is 4.25. The lowest BCUT2D eigenvalue weighted by molar-refractivity contribution is -0.155. The Balaban J connectivity index is 2.06. The molecule has 1 aromatic heterocycles. The van der Waals surface area contributed by atoms with E-state index in [-0.39, 0.29) is 30.2 Å². The number of hydrogen-bond donors (Lipinski definition) is 1. The number of carbonyl (C=O) groups excluding carboxylic acids is 1. The van der Waals surface area contributed by atoms with E-state index in [9.17, 15) is 13.6 Å². The maximum atomic E-state index is 14.4. The Morgan fingerprint density at radius 3 is 2.75 bits per heavy atom. The Labute approximate surface area is 145 Å². The van der Waals surface area contributed by atoms with Gasteiger partial charge in [0.2, 0.25) is 0 Å². The van der Waals surface area contributed by atoms with Crippen LogP contribution in [-0.2, 0) is 26.6 Å². The number of alkyl halides is 2. The molecule has 0 fully saturated rings. The third kappa shape index (κ3) is 4.66. The fourth-order valence-electron chi connectivity index (χ4n) is 2.68. The zero-order chi connectivity index (χ0) is 17.9. The first-order valence-electron chi connectivity index (χ1n) is 8.02. The van der Waals surface area contributed by atoms with Crippen molar-refractivity contribution in [2.75, 3.05) is 6.61 Å². The molecule has 2 unspecified atom stereocenters.